The van der Waals surface area contributed by atoms with Gasteiger partial charge in [-0.05, 0) is 57.2 Å². The van der Waals surface area contributed by atoms with Crippen molar-refractivity contribution in [3.05, 3.63) is 53.2 Å². The highest BCUT2D eigenvalue weighted by Crippen LogP contribution is 2.38. The lowest BCUT2D eigenvalue weighted by Gasteiger charge is -2.17. The Labute approximate surface area is 166 Å². The minimum atomic E-state index is -4.74. The molecule has 0 amide bonds. The molecule has 0 N–H and O–H groups in total. The van der Waals surface area contributed by atoms with Crippen LogP contribution in [0.2, 0.25) is 0 Å². The fourth-order valence-corrected chi connectivity index (χ4v) is 2.92. The first-order chi connectivity index (χ1) is 13.7. The Balaban J connectivity index is 1.97. The minimum Gasteiger partial charge on any atom is -0.480 e. The number of pyridine rings is 1. The topological polar surface area (TPSA) is 40.6 Å². The smallest absolute Gasteiger partial charge is 0.480 e. The van der Waals surface area contributed by atoms with Crippen molar-refractivity contribution in [1.82, 2.24) is 4.98 Å². The summed E-state index contributed by atoms with van der Waals surface area (Å²) >= 11 is 0. The molecule has 3 aromatic rings. The summed E-state index contributed by atoms with van der Waals surface area (Å²) in [7, 11) is 0. The minimum absolute atomic E-state index is 0.116. The predicted octanol–water partition coefficient (Wildman–Crippen LogP) is 5.86. The fraction of sp³-hybridized carbons (Fsp3) is 0.227. The number of aromatic nitrogens is 1. The summed E-state index contributed by atoms with van der Waals surface area (Å²) in [4.78, 5) is 4.59. The van der Waals surface area contributed by atoms with Crippen LogP contribution in [0, 0.1) is 33.1 Å². The van der Waals surface area contributed by atoms with Gasteiger partial charge in [0, 0.05) is 22.2 Å². The van der Waals surface area contributed by atoms with Gasteiger partial charge in [0.15, 0.2) is 0 Å². The SMILES string of the molecule is C#CCOc1c(C)c(C)nc2ccc(Oc3ccc(OC(F)(F)F)cc3)c(C)c12. The Kier molecular flexibility index (Phi) is 5.55. The van der Waals surface area contributed by atoms with Crippen molar-refractivity contribution in [2.45, 2.75) is 27.1 Å². The zero-order valence-corrected chi connectivity index (χ0v) is 16.1. The first-order valence-corrected chi connectivity index (χ1v) is 8.70. The monoisotopic (exact) mass is 401 g/mol. The van der Waals surface area contributed by atoms with Crippen LogP contribution in [0.5, 0.6) is 23.0 Å². The van der Waals surface area contributed by atoms with Gasteiger partial charge in [0.25, 0.3) is 0 Å². The highest BCUT2D eigenvalue weighted by molar-refractivity contribution is 5.91. The van der Waals surface area contributed by atoms with E-state index >= 15 is 0 Å². The van der Waals surface area contributed by atoms with Gasteiger partial charge in [0.05, 0.1) is 5.52 Å². The molecule has 3 rings (SSSR count). The average molecular weight is 401 g/mol. The third-order valence-electron chi connectivity index (χ3n) is 4.38. The molecule has 150 valence electrons. The highest BCUT2D eigenvalue weighted by atomic mass is 19.4. The van der Waals surface area contributed by atoms with Crippen molar-refractivity contribution in [3.8, 4) is 35.3 Å². The maximum absolute atomic E-state index is 12.3. The van der Waals surface area contributed by atoms with E-state index in [2.05, 4.69) is 15.6 Å². The second kappa shape index (κ2) is 7.92. The van der Waals surface area contributed by atoms with E-state index in [-0.39, 0.29) is 12.4 Å². The molecule has 0 unspecified atom stereocenters. The quantitative estimate of drug-likeness (QED) is 0.502. The van der Waals surface area contributed by atoms with Crippen LogP contribution in [0.3, 0.4) is 0 Å². The molecule has 0 bridgehead atoms. The highest BCUT2D eigenvalue weighted by Gasteiger charge is 2.31. The molecule has 0 aliphatic rings. The Morgan fingerprint density at radius 1 is 0.966 bits per heavy atom. The molecule has 0 fully saturated rings. The molecule has 4 nitrogen and oxygen atoms in total. The van der Waals surface area contributed by atoms with Crippen molar-refractivity contribution in [1.29, 1.82) is 0 Å². The molecule has 2 aromatic carbocycles. The van der Waals surface area contributed by atoms with Crippen LogP contribution in [0.1, 0.15) is 16.8 Å². The molecule has 0 spiro atoms. The maximum Gasteiger partial charge on any atom is 0.573 e. The summed E-state index contributed by atoms with van der Waals surface area (Å²) in [6.07, 6.45) is 0.592. The van der Waals surface area contributed by atoms with Gasteiger partial charge in [-0.25, -0.2) is 0 Å². The number of alkyl halides is 3. The van der Waals surface area contributed by atoms with E-state index in [9.17, 15) is 13.2 Å². The summed E-state index contributed by atoms with van der Waals surface area (Å²) in [6, 6.07) is 8.74. The first kappa shape index (κ1) is 20.3. The fourth-order valence-electron chi connectivity index (χ4n) is 2.92. The number of benzene rings is 2. The number of aryl methyl sites for hydroxylation is 2. The van der Waals surface area contributed by atoms with Gasteiger partial charge in [-0.3, -0.25) is 4.98 Å². The van der Waals surface area contributed by atoms with Crippen molar-refractivity contribution >= 4 is 10.9 Å². The van der Waals surface area contributed by atoms with Gasteiger partial charge in [0.1, 0.15) is 29.6 Å². The van der Waals surface area contributed by atoms with Crippen LogP contribution >= 0.6 is 0 Å². The van der Waals surface area contributed by atoms with Crippen LogP contribution in [-0.2, 0) is 0 Å². The summed E-state index contributed by atoms with van der Waals surface area (Å²) in [5.74, 6) is 3.67. The third kappa shape index (κ3) is 4.54. The van der Waals surface area contributed by atoms with E-state index in [0.29, 0.717) is 17.2 Å². The summed E-state index contributed by atoms with van der Waals surface area (Å²) in [5, 5.41) is 0.776. The van der Waals surface area contributed by atoms with Gasteiger partial charge < -0.3 is 14.2 Å². The second-order valence-corrected chi connectivity index (χ2v) is 6.35. The molecular formula is C22H18F3NO3. The van der Waals surface area contributed by atoms with E-state index in [1.807, 2.05) is 20.8 Å². The molecule has 1 heterocycles. The Morgan fingerprint density at radius 2 is 1.62 bits per heavy atom. The van der Waals surface area contributed by atoms with Gasteiger partial charge >= 0.3 is 6.36 Å². The molecule has 1 aromatic heterocycles. The standard InChI is InChI=1S/C22H18F3NO3/c1-5-12-27-21-13(2)15(4)26-18-10-11-19(14(3)20(18)21)28-16-6-8-17(9-7-16)29-22(23,24)25/h1,6-11H,12H2,2-4H3. The molecular weight excluding hydrogens is 383 g/mol. The lowest BCUT2D eigenvalue weighted by atomic mass is 10.0. The van der Waals surface area contributed by atoms with Crippen LogP contribution < -0.4 is 14.2 Å². The first-order valence-electron chi connectivity index (χ1n) is 8.70. The van der Waals surface area contributed by atoms with Crippen molar-refractivity contribution < 1.29 is 27.4 Å². The van der Waals surface area contributed by atoms with E-state index in [0.717, 1.165) is 27.7 Å². The number of rotatable bonds is 5. The molecule has 29 heavy (non-hydrogen) atoms. The van der Waals surface area contributed by atoms with Gasteiger partial charge in [-0.2, -0.15) is 0 Å². The number of hydrogen-bond acceptors (Lipinski definition) is 4. The van der Waals surface area contributed by atoms with Gasteiger partial charge in [0.2, 0.25) is 0 Å². The molecule has 0 aliphatic carbocycles. The van der Waals surface area contributed by atoms with Crippen LogP contribution in [0.15, 0.2) is 36.4 Å². The molecule has 7 heteroatoms. The molecule has 0 radical (unpaired) electrons. The van der Waals surface area contributed by atoms with E-state index in [4.69, 9.17) is 15.9 Å². The van der Waals surface area contributed by atoms with Crippen molar-refractivity contribution in [2.24, 2.45) is 0 Å². The molecule has 0 aliphatic heterocycles. The summed E-state index contributed by atoms with van der Waals surface area (Å²) < 4.78 is 52.4. The predicted molar refractivity (Wildman–Crippen MR) is 103 cm³/mol. The Hall–Kier alpha value is -3.40. The van der Waals surface area contributed by atoms with E-state index < -0.39 is 6.36 Å². The number of halogens is 3. The summed E-state index contributed by atoms with van der Waals surface area (Å²) in [5.41, 5.74) is 3.22. The van der Waals surface area contributed by atoms with E-state index in [1.54, 1.807) is 12.1 Å². The van der Waals surface area contributed by atoms with Crippen molar-refractivity contribution in [3.63, 3.8) is 0 Å². The van der Waals surface area contributed by atoms with Gasteiger partial charge in [-0.1, -0.05) is 5.92 Å². The zero-order valence-electron chi connectivity index (χ0n) is 16.1. The van der Waals surface area contributed by atoms with Crippen molar-refractivity contribution in [2.75, 3.05) is 6.61 Å². The lowest BCUT2D eigenvalue weighted by molar-refractivity contribution is -0.274. The number of terminal acetylenes is 1. The third-order valence-corrected chi connectivity index (χ3v) is 4.38. The molecule has 0 atom stereocenters. The lowest BCUT2D eigenvalue weighted by Crippen LogP contribution is -2.16. The Morgan fingerprint density at radius 3 is 2.24 bits per heavy atom. The summed E-state index contributed by atoms with van der Waals surface area (Å²) in [6.45, 7) is 5.77. The van der Waals surface area contributed by atoms with E-state index in [1.165, 1.54) is 24.3 Å². The number of hydrogen-bond donors (Lipinski definition) is 0. The zero-order chi connectivity index (χ0) is 21.2. The average Bonchev–Trinajstić information content (AvgIpc) is 2.65. The number of fused-ring (bicyclic) bond motifs is 1. The molecule has 0 saturated heterocycles. The number of ether oxygens (including phenoxy) is 3. The maximum atomic E-state index is 12.3. The van der Waals surface area contributed by atoms with Crippen LogP contribution in [0.4, 0.5) is 13.2 Å². The largest absolute Gasteiger partial charge is 0.573 e. The Bertz CT molecular complexity index is 1080. The van der Waals surface area contributed by atoms with Crippen LogP contribution in [-0.4, -0.2) is 18.0 Å². The number of nitrogens with zero attached hydrogens (tertiary/aromatic N) is 1. The van der Waals surface area contributed by atoms with Gasteiger partial charge in [-0.15, -0.1) is 19.6 Å². The normalized spacial score (nSPS) is 11.2. The van der Waals surface area contributed by atoms with Crippen LogP contribution in [0.25, 0.3) is 10.9 Å². The molecule has 0 saturated carbocycles. The second-order valence-electron chi connectivity index (χ2n) is 6.35.